The van der Waals surface area contributed by atoms with Crippen molar-refractivity contribution in [1.82, 2.24) is 48.6 Å². The first-order valence-electron chi connectivity index (χ1n) is 16.7. The van der Waals surface area contributed by atoms with Crippen LogP contribution < -0.4 is 28.2 Å². The number of anilines is 4. The van der Waals surface area contributed by atoms with Crippen molar-refractivity contribution in [2.45, 2.75) is 49.6 Å². The van der Waals surface area contributed by atoms with Gasteiger partial charge in [-0.15, -0.1) is 11.8 Å². The van der Waals surface area contributed by atoms with E-state index in [0.717, 1.165) is 36.2 Å². The average molecular weight is 789 g/mol. The van der Waals surface area contributed by atoms with E-state index in [1.165, 1.54) is 29.0 Å². The molecule has 5 aromatic heterocycles. The molecule has 1 saturated heterocycles. The SMILES string of the molecule is Nc1ccn([C@H]2CS[C@@H](CO)O2)c(=O)n1.Nc1nc(NC2CC2)c2ncn([C@H]3C=C[C@@H](CO)C3)c2n1.Nc1ncnc2c1ncn2CCOCP(=O)(O)O. The van der Waals surface area contributed by atoms with Crippen LogP contribution in [-0.2, 0) is 20.6 Å². The van der Waals surface area contributed by atoms with Gasteiger partial charge in [-0.2, -0.15) is 15.0 Å². The summed E-state index contributed by atoms with van der Waals surface area (Å²) in [6, 6.07) is 2.19. The fraction of sp³-hybridized carbons (Fsp3) is 0.467. The van der Waals surface area contributed by atoms with Gasteiger partial charge in [0.15, 0.2) is 28.4 Å². The Bertz CT molecular complexity index is 2190. The molecule has 0 unspecified atom stereocenters. The number of rotatable bonds is 11. The van der Waals surface area contributed by atoms with Crippen molar-refractivity contribution < 1.29 is 34.0 Å². The van der Waals surface area contributed by atoms with Crippen molar-refractivity contribution in [3.05, 3.63) is 53.9 Å². The number of nitrogen functional groups attached to an aromatic ring is 3. The van der Waals surface area contributed by atoms with Gasteiger partial charge in [-0.05, 0) is 25.3 Å². The lowest BCUT2D eigenvalue weighted by Crippen LogP contribution is -2.28. The average Bonchev–Trinajstić information content (AvgIpc) is 3.55. The number of hydrogen-bond acceptors (Lipinski definition) is 18. The highest BCUT2D eigenvalue weighted by molar-refractivity contribution is 8.00. The summed E-state index contributed by atoms with van der Waals surface area (Å²) in [7, 11) is -4.12. The summed E-state index contributed by atoms with van der Waals surface area (Å²) in [4.78, 5) is 57.2. The molecule has 22 nitrogen and oxygen atoms in total. The summed E-state index contributed by atoms with van der Waals surface area (Å²) in [6.07, 6.45) is 12.5. The molecule has 11 N–H and O–H groups in total. The molecule has 1 aliphatic heterocycles. The molecule has 0 radical (unpaired) electrons. The van der Waals surface area contributed by atoms with E-state index in [2.05, 4.69) is 46.3 Å². The van der Waals surface area contributed by atoms with E-state index in [0.29, 0.717) is 29.5 Å². The molecule has 0 aromatic carbocycles. The number of nitrogens with two attached hydrogens (primary N) is 3. The quantitative estimate of drug-likeness (QED) is 0.0498. The maximum Gasteiger partial charge on any atom is 0.351 e. The van der Waals surface area contributed by atoms with Gasteiger partial charge in [0, 0.05) is 37.1 Å². The third-order valence-electron chi connectivity index (χ3n) is 8.31. The highest BCUT2D eigenvalue weighted by Gasteiger charge is 2.28. The van der Waals surface area contributed by atoms with Gasteiger partial charge >= 0.3 is 13.3 Å². The molecule has 5 aromatic rings. The third-order valence-corrected chi connectivity index (χ3v) is 9.94. The van der Waals surface area contributed by atoms with Gasteiger partial charge in [0.2, 0.25) is 5.95 Å². The molecule has 54 heavy (non-hydrogen) atoms. The zero-order valence-electron chi connectivity index (χ0n) is 28.8. The molecule has 24 heteroatoms. The second-order valence-corrected chi connectivity index (χ2v) is 15.2. The molecule has 1 saturated carbocycles. The van der Waals surface area contributed by atoms with Crippen LogP contribution in [0.15, 0.2) is 48.2 Å². The minimum absolute atomic E-state index is 0.0572. The second-order valence-electron chi connectivity index (χ2n) is 12.5. The minimum atomic E-state index is -4.12. The fourth-order valence-electron chi connectivity index (χ4n) is 5.53. The molecule has 8 rings (SSSR count). The Balaban J connectivity index is 0.000000140. The summed E-state index contributed by atoms with van der Waals surface area (Å²) < 4.78 is 25.9. The molecule has 0 bridgehead atoms. The standard InChI is InChI=1S/C14H18N6O.C8H12N5O4P.C8H11N3O3S/c15-14-18-12(17-9-2-3-9)11-13(19-14)20(7-16-11)10-4-1-8(5-10)6-21;9-7-6-8(11-3-10-7)13(4-12-6)1-2-17-5-18(14,15)16;9-5-1-2-11(8(13)10-5)6-4-15-7(3-12)14-6/h1,4,7-10,21H,2-3,5-6H2,(H3,15,17,18,19);3-4H,1-2,5H2,(H2,9,10,11)(H2,14,15,16);1-2,6-7,12H,3-4H2,(H2,9,10,13)/t8-,10+;;6-,7+/m1.1/s1. The number of aliphatic hydroxyl groups excluding tert-OH is 2. The molecular weight excluding hydrogens is 747 g/mol. The van der Waals surface area contributed by atoms with Crippen molar-refractivity contribution in [2.75, 3.05) is 54.4 Å². The summed E-state index contributed by atoms with van der Waals surface area (Å²) in [5.41, 5.74) is 18.7. The van der Waals surface area contributed by atoms with E-state index in [9.17, 15) is 14.5 Å². The predicted octanol–water partition coefficient (Wildman–Crippen LogP) is 0.0585. The number of aliphatic hydroxyl groups is 2. The summed E-state index contributed by atoms with van der Waals surface area (Å²) in [5, 5.41) is 21.5. The van der Waals surface area contributed by atoms with Crippen LogP contribution in [0.5, 0.6) is 0 Å². The van der Waals surface area contributed by atoms with Gasteiger partial charge in [0.25, 0.3) is 0 Å². The minimum Gasteiger partial charge on any atom is -0.396 e. The van der Waals surface area contributed by atoms with Gasteiger partial charge in [-0.1, -0.05) is 12.2 Å². The number of hydrogen-bond donors (Lipinski definition) is 8. The molecule has 290 valence electrons. The summed E-state index contributed by atoms with van der Waals surface area (Å²) in [6.45, 7) is 0.622. The molecule has 4 atom stereocenters. The second kappa shape index (κ2) is 17.2. The Morgan fingerprint density at radius 2 is 1.78 bits per heavy atom. The Morgan fingerprint density at radius 3 is 2.46 bits per heavy atom. The number of nitrogens with zero attached hydrogens (tertiary/aromatic N) is 10. The zero-order valence-corrected chi connectivity index (χ0v) is 30.5. The van der Waals surface area contributed by atoms with E-state index >= 15 is 0 Å². The number of imidazole rings is 2. The number of allylic oxidation sites excluding steroid dienone is 1. The van der Waals surface area contributed by atoms with Crippen molar-refractivity contribution in [2.24, 2.45) is 5.92 Å². The predicted molar refractivity (Wildman–Crippen MR) is 199 cm³/mol. The van der Waals surface area contributed by atoms with E-state index < -0.39 is 19.6 Å². The molecule has 6 heterocycles. The largest absolute Gasteiger partial charge is 0.396 e. The molecule has 2 fully saturated rings. The first-order valence-corrected chi connectivity index (χ1v) is 19.6. The van der Waals surface area contributed by atoms with Crippen molar-refractivity contribution in [3.63, 3.8) is 0 Å². The van der Waals surface area contributed by atoms with Gasteiger partial charge < -0.3 is 61.1 Å². The van der Waals surface area contributed by atoms with Crippen molar-refractivity contribution >= 4 is 65.1 Å². The summed E-state index contributed by atoms with van der Waals surface area (Å²) in [5.74, 6) is 2.29. The van der Waals surface area contributed by atoms with Crippen LogP contribution >= 0.6 is 19.4 Å². The van der Waals surface area contributed by atoms with E-state index in [-0.39, 0.29) is 61.0 Å². The maximum absolute atomic E-state index is 11.4. The van der Waals surface area contributed by atoms with Crippen molar-refractivity contribution in [3.8, 4) is 0 Å². The molecular formula is C30H41N14O8PS. The number of fused-ring (bicyclic) bond motifs is 2. The number of ether oxygens (including phenoxy) is 2. The van der Waals surface area contributed by atoms with Crippen LogP contribution in [0.3, 0.4) is 0 Å². The van der Waals surface area contributed by atoms with Gasteiger partial charge in [0.05, 0.1) is 31.9 Å². The number of nitrogens with one attached hydrogen (secondary N) is 1. The Morgan fingerprint density at radius 1 is 0.981 bits per heavy atom. The van der Waals surface area contributed by atoms with Gasteiger partial charge in [-0.3, -0.25) is 9.13 Å². The lowest BCUT2D eigenvalue weighted by atomic mass is 10.1. The van der Waals surface area contributed by atoms with E-state index in [1.807, 2.05) is 10.6 Å². The topological polar surface area (TPSA) is 329 Å². The molecule has 0 amide bonds. The van der Waals surface area contributed by atoms with Gasteiger partial charge in [0.1, 0.15) is 35.7 Å². The Hall–Kier alpha value is -4.74. The fourth-order valence-corrected chi connectivity index (χ4v) is 6.83. The van der Waals surface area contributed by atoms with Crippen LogP contribution in [0.4, 0.5) is 23.4 Å². The van der Waals surface area contributed by atoms with E-state index in [4.69, 9.17) is 41.6 Å². The highest BCUT2D eigenvalue weighted by Crippen LogP contribution is 2.34. The van der Waals surface area contributed by atoms with Crippen LogP contribution in [0.2, 0.25) is 0 Å². The molecule has 3 aliphatic rings. The Labute approximate surface area is 311 Å². The van der Waals surface area contributed by atoms with Crippen LogP contribution in [0.25, 0.3) is 22.3 Å². The smallest absolute Gasteiger partial charge is 0.351 e. The normalized spacial score (nSPS) is 20.8. The number of thioether (sulfide) groups is 1. The Kier molecular flexibility index (Phi) is 12.4. The zero-order chi connectivity index (χ0) is 38.4. The lowest BCUT2D eigenvalue weighted by molar-refractivity contribution is -0.00629. The van der Waals surface area contributed by atoms with Crippen molar-refractivity contribution in [1.29, 1.82) is 0 Å². The number of aromatic nitrogens is 10. The van der Waals surface area contributed by atoms with E-state index in [1.54, 1.807) is 23.2 Å². The first kappa shape index (κ1) is 39.0. The lowest BCUT2D eigenvalue weighted by Gasteiger charge is -2.13. The molecule has 0 spiro atoms. The monoisotopic (exact) mass is 788 g/mol. The van der Waals surface area contributed by atoms with Crippen LogP contribution in [0, 0.1) is 5.92 Å². The molecule has 2 aliphatic carbocycles. The van der Waals surface area contributed by atoms with Crippen LogP contribution in [0.1, 0.15) is 31.5 Å². The summed E-state index contributed by atoms with van der Waals surface area (Å²) >= 11 is 1.47. The van der Waals surface area contributed by atoms with Crippen LogP contribution in [-0.4, -0.2) is 112 Å². The third kappa shape index (κ3) is 9.86. The highest BCUT2D eigenvalue weighted by atomic mass is 32.2. The first-order chi connectivity index (χ1) is 25.9. The van der Waals surface area contributed by atoms with Gasteiger partial charge in [-0.25, -0.2) is 24.7 Å². The maximum atomic E-state index is 11.4.